The van der Waals surface area contributed by atoms with Gasteiger partial charge in [0, 0.05) is 22.3 Å². The molecule has 2 heterocycles. The van der Waals surface area contributed by atoms with Crippen LogP contribution in [-0.2, 0) is 19.1 Å². The molecule has 1 aliphatic rings. The van der Waals surface area contributed by atoms with Gasteiger partial charge in [-0.1, -0.05) is 35.0 Å². The molecule has 1 aliphatic heterocycles. The van der Waals surface area contributed by atoms with Crippen molar-refractivity contribution in [2.45, 2.75) is 71.6 Å². The molecule has 0 unspecified atom stereocenters. The first kappa shape index (κ1) is 26.1. The lowest BCUT2D eigenvalue weighted by Crippen LogP contribution is -2.58. The van der Waals surface area contributed by atoms with Crippen molar-refractivity contribution >= 4 is 44.6 Å². The second-order valence-electron chi connectivity index (χ2n) is 9.81. The number of carbonyl (C=O) groups excluding carboxylic acids is 3. The number of hydrazine groups is 1. The summed E-state index contributed by atoms with van der Waals surface area (Å²) in [7, 11) is 0. The van der Waals surface area contributed by atoms with E-state index in [0.29, 0.717) is 19.4 Å². The molecule has 2 aromatic rings. The highest BCUT2D eigenvalue weighted by atomic mass is 79.9. The fourth-order valence-corrected chi connectivity index (χ4v) is 4.20. The molecule has 2 amide bonds. The summed E-state index contributed by atoms with van der Waals surface area (Å²) in [5, 5.41) is 5.48. The van der Waals surface area contributed by atoms with Crippen LogP contribution in [0.1, 0.15) is 65.6 Å². The van der Waals surface area contributed by atoms with Gasteiger partial charge in [0.15, 0.2) is 0 Å². The second kappa shape index (κ2) is 10.8. The van der Waals surface area contributed by atoms with Crippen molar-refractivity contribution < 1.29 is 19.1 Å². The summed E-state index contributed by atoms with van der Waals surface area (Å²) in [6, 6.07) is 8.95. The number of aromatic nitrogens is 1. The Hall–Kier alpha value is -2.52. The first-order valence-corrected chi connectivity index (χ1v) is 12.4. The third-order valence-corrected chi connectivity index (χ3v) is 6.05. The highest BCUT2D eigenvalue weighted by Crippen LogP contribution is 2.21. The van der Waals surface area contributed by atoms with E-state index in [4.69, 9.17) is 4.74 Å². The summed E-state index contributed by atoms with van der Waals surface area (Å²) in [6.07, 6.45) is 1.29. The van der Waals surface area contributed by atoms with Gasteiger partial charge in [-0.3, -0.25) is 24.4 Å². The van der Waals surface area contributed by atoms with Crippen LogP contribution in [0.5, 0.6) is 0 Å². The Balaban J connectivity index is 1.58. The normalized spacial score (nSPS) is 18.3. The molecule has 1 fully saturated rings. The minimum absolute atomic E-state index is 0.00801. The van der Waals surface area contributed by atoms with Gasteiger partial charge in [0.25, 0.3) is 0 Å². The van der Waals surface area contributed by atoms with E-state index < -0.39 is 23.5 Å². The third kappa shape index (κ3) is 6.99. The number of nitrogens with one attached hydrogen (secondary N) is 2. The third-order valence-electron chi connectivity index (χ3n) is 5.56. The molecule has 9 heteroatoms. The zero-order valence-electron chi connectivity index (χ0n) is 20.4. The van der Waals surface area contributed by atoms with E-state index in [1.54, 1.807) is 27.7 Å². The molecule has 0 saturated carbocycles. The van der Waals surface area contributed by atoms with E-state index in [1.165, 1.54) is 5.01 Å². The molecule has 0 spiro atoms. The van der Waals surface area contributed by atoms with Crippen LogP contribution in [0.3, 0.4) is 0 Å². The summed E-state index contributed by atoms with van der Waals surface area (Å²) in [4.78, 5) is 42.6. The highest BCUT2D eigenvalue weighted by molar-refractivity contribution is 9.10. The molecule has 2 N–H and O–H groups in total. The minimum Gasteiger partial charge on any atom is -0.460 e. The SMILES string of the molecule is C[C@H](CC(=O)OC(C)(C)C)C(=O)N1CCC[C@@H](C(=O)N[C@H](C)c2ccc3ccc(Br)cc3n2)N1. The standard InChI is InChI=1S/C25H33BrN4O4/c1-15(13-22(31)34-25(3,4)5)24(33)30-12-6-7-20(29-30)23(32)27-16(2)19-11-9-17-8-10-18(26)14-21(17)28-19/h8-11,14-16,20,29H,6-7,12-13H2,1-5H3,(H,27,32)/t15-,16-,20+/m1/s1. The van der Waals surface area contributed by atoms with Gasteiger partial charge in [0.2, 0.25) is 11.8 Å². The Kier molecular flexibility index (Phi) is 8.30. The Morgan fingerprint density at radius 1 is 1.24 bits per heavy atom. The van der Waals surface area contributed by atoms with Crippen molar-refractivity contribution in [1.82, 2.24) is 20.7 Å². The van der Waals surface area contributed by atoms with Gasteiger partial charge in [-0.25, -0.2) is 5.43 Å². The maximum absolute atomic E-state index is 13.0. The first-order valence-electron chi connectivity index (χ1n) is 11.6. The van der Waals surface area contributed by atoms with E-state index in [-0.39, 0.29) is 24.3 Å². The number of carbonyl (C=O) groups is 3. The van der Waals surface area contributed by atoms with Gasteiger partial charge < -0.3 is 10.1 Å². The predicted molar refractivity (Wildman–Crippen MR) is 133 cm³/mol. The van der Waals surface area contributed by atoms with Gasteiger partial charge >= 0.3 is 5.97 Å². The summed E-state index contributed by atoms with van der Waals surface area (Å²) in [6.45, 7) is 9.45. The van der Waals surface area contributed by atoms with E-state index in [2.05, 4.69) is 31.7 Å². The molecule has 3 rings (SSSR count). The number of benzene rings is 1. The molecule has 3 atom stereocenters. The largest absolute Gasteiger partial charge is 0.460 e. The van der Waals surface area contributed by atoms with Crippen LogP contribution in [0, 0.1) is 5.92 Å². The first-order chi connectivity index (χ1) is 15.9. The second-order valence-corrected chi connectivity index (χ2v) is 10.7. The Labute approximate surface area is 208 Å². The van der Waals surface area contributed by atoms with Crippen molar-refractivity contribution in [3.8, 4) is 0 Å². The average Bonchev–Trinajstić information content (AvgIpc) is 2.76. The van der Waals surface area contributed by atoms with Crippen molar-refractivity contribution in [1.29, 1.82) is 0 Å². The van der Waals surface area contributed by atoms with E-state index in [9.17, 15) is 14.4 Å². The van der Waals surface area contributed by atoms with Crippen molar-refractivity contribution in [2.24, 2.45) is 5.92 Å². The zero-order chi connectivity index (χ0) is 25.0. The predicted octanol–water partition coefficient (Wildman–Crippen LogP) is 4.04. The van der Waals surface area contributed by atoms with Crippen LogP contribution in [0.2, 0.25) is 0 Å². The number of hydrogen-bond acceptors (Lipinski definition) is 6. The molecular weight excluding hydrogens is 500 g/mol. The molecule has 0 radical (unpaired) electrons. The van der Waals surface area contributed by atoms with E-state index in [1.807, 2.05) is 37.3 Å². The molecule has 34 heavy (non-hydrogen) atoms. The topological polar surface area (TPSA) is 101 Å². The van der Waals surface area contributed by atoms with Gasteiger partial charge in [0.05, 0.1) is 23.7 Å². The lowest BCUT2D eigenvalue weighted by molar-refractivity contribution is -0.159. The molecule has 8 nitrogen and oxygen atoms in total. The van der Waals surface area contributed by atoms with Crippen LogP contribution in [0.4, 0.5) is 0 Å². The number of pyridine rings is 1. The fraction of sp³-hybridized carbons (Fsp3) is 0.520. The quantitative estimate of drug-likeness (QED) is 0.544. The summed E-state index contributed by atoms with van der Waals surface area (Å²) in [5.41, 5.74) is 4.05. The zero-order valence-corrected chi connectivity index (χ0v) is 21.9. The lowest BCUT2D eigenvalue weighted by Gasteiger charge is -2.35. The Morgan fingerprint density at radius 2 is 1.94 bits per heavy atom. The van der Waals surface area contributed by atoms with Crippen LogP contribution in [0.15, 0.2) is 34.8 Å². The summed E-state index contributed by atoms with van der Waals surface area (Å²) < 4.78 is 6.26. The van der Waals surface area contributed by atoms with Crippen molar-refractivity contribution in [2.75, 3.05) is 6.54 Å². The van der Waals surface area contributed by atoms with Gasteiger partial charge in [-0.05, 0) is 58.7 Å². The van der Waals surface area contributed by atoms with Gasteiger partial charge in [0.1, 0.15) is 11.6 Å². The summed E-state index contributed by atoms with van der Waals surface area (Å²) in [5.74, 6) is -1.38. The Bertz CT molecular complexity index is 1070. The number of amides is 2. The maximum Gasteiger partial charge on any atom is 0.307 e. The number of esters is 1. The van der Waals surface area contributed by atoms with Crippen LogP contribution < -0.4 is 10.7 Å². The van der Waals surface area contributed by atoms with Crippen LogP contribution in [0.25, 0.3) is 10.9 Å². The number of halogens is 1. The lowest BCUT2D eigenvalue weighted by atomic mass is 10.0. The number of hydrogen-bond donors (Lipinski definition) is 2. The average molecular weight is 533 g/mol. The van der Waals surface area contributed by atoms with Crippen molar-refractivity contribution in [3.05, 3.63) is 40.5 Å². The molecule has 1 saturated heterocycles. The van der Waals surface area contributed by atoms with E-state index >= 15 is 0 Å². The fourth-order valence-electron chi connectivity index (χ4n) is 3.86. The highest BCUT2D eigenvalue weighted by Gasteiger charge is 2.32. The number of rotatable bonds is 6. The number of nitrogens with zero attached hydrogens (tertiary/aromatic N) is 2. The van der Waals surface area contributed by atoms with Gasteiger partial charge in [-0.2, -0.15) is 0 Å². The summed E-state index contributed by atoms with van der Waals surface area (Å²) >= 11 is 3.46. The van der Waals surface area contributed by atoms with E-state index in [0.717, 1.165) is 21.1 Å². The maximum atomic E-state index is 13.0. The van der Waals surface area contributed by atoms with Crippen molar-refractivity contribution in [3.63, 3.8) is 0 Å². The Morgan fingerprint density at radius 3 is 2.65 bits per heavy atom. The monoisotopic (exact) mass is 532 g/mol. The molecular formula is C25H33BrN4O4. The molecule has 1 aromatic heterocycles. The van der Waals surface area contributed by atoms with Crippen LogP contribution in [-0.4, -0.2) is 46.0 Å². The molecule has 184 valence electrons. The van der Waals surface area contributed by atoms with Gasteiger partial charge in [-0.15, -0.1) is 0 Å². The smallest absolute Gasteiger partial charge is 0.307 e. The number of fused-ring (bicyclic) bond motifs is 1. The molecule has 1 aromatic carbocycles. The minimum atomic E-state index is -0.598. The number of ether oxygens (including phenoxy) is 1. The molecule has 0 bridgehead atoms. The van der Waals surface area contributed by atoms with Crippen LogP contribution >= 0.6 is 15.9 Å². The molecule has 0 aliphatic carbocycles.